The predicted octanol–water partition coefficient (Wildman–Crippen LogP) is 2.21. The Labute approximate surface area is 120 Å². The average Bonchev–Trinajstić information content (AvgIpc) is 2.36. The number of benzene rings is 1. The van der Waals surface area contributed by atoms with Gasteiger partial charge < -0.3 is 10.3 Å². The van der Waals surface area contributed by atoms with E-state index in [1.807, 2.05) is 6.07 Å². The summed E-state index contributed by atoms with van der Waals surface area (Å²) < 4.78 is 0. The quantitative estimate of drug-likeness (QED) is 0.845. The van der Waals surface area contributed by atoms with Crippen molar-refractivity contribution in [3.05, 3.63) is 56.6 Å². The third-order valence-electron chi connectivity index (χ3n) is 3.32. The Hall–Kier alpha value is -2.14. The van der Waals surface area contributed by atoms with E-state index in [9.17, 15) is 9.59 Å². The van der Waals surface area contributed by atoms with Crippen LogP contribution in [0.25, 0.3) is 0 Å². The van der Waals surface area contributed by atoms with Crippen molar-refractivity contribution in [2.75, 3.05) is 5.32 Å². The number of nitrogens with zero attached hydrogens (tertiary/aromatic N) is 1. The fraction of sp³-hybridized carbons (Fsp3) is 0.214. The number of aryl methyl sites for hydroxylation is 1. The van der Waals surface area contributed by atoms with E-state index in [2.05, 4.69) is 15.3 Å². The molecule has 0 spiro atoms. The Kier molecular flexibility index (Phi) is 3.06. The molecule has 20 heavy (non-hydrogen) atoms. The Morgan fingerprint density at radius 1 is 1.35 bits per heavy atom. The van der Waals surface area contributed by atoms with Gasteiger partial charge >= 0.3 is 0 Å². The molecular formula is C14H12ClN3O2. The molecule has 0 fully saturated rings. The minimum atomic E-state index is -0.325. The van der Waals surface area contributed by atoms with Crippen molar-refractivity contribution in [3.8, 4) is 0 Å². The van der Waals surface area contributed by atoms with Crippen LogP contribution in [0.5, 0.6) is 0 Å². The van der Waals surface area contributed by atoms with Crippen molar-refractivity contribution in [3.63, 3.8) is 0 Å². The van der Waals surface area contributed by atoms with Gasteiger partial charge in [0.2, 0.25) is 5.91 Å². The lowest BCUT2D eigenvalue weighted by Gasteiger charge is -2.24. The number of aromatic nitrogens is 2. The van der Waals surface area contributed by atoms with Gasteiger partial charge in [0.05, 0.1) is 5.56 Å². The van der Waals surface area contributed by atoms with Gasteiger partial charge in [-0.3, -0.25) is 9.59 Å². The molecule has 0 aliphatic carbocycles. The molecule has 1 aliphatic rings. The monoisotopic (exact) mass is 289 g/mol. The first-order valence-corrected chi connectivity index (χ1v) is 6.58. The van der Waals surface area contributed by atoms with E-state index in [0.29, 0.717) is 22.2 Å². The minimum absolute atomic E-state index is 0.153. The predicted molar refractivity (Wildman–Crippen MR) is 76.1 cm³/mol. The first kappa shape index (κ1) is 12.9. The second-order valence-corrected chi connectivity index (χ2v) is 5.21. The van der Waals surface area contributed by atoms with Crippen LogP contribution in [0.4, 0.5) is 5.82 Å². The number of hydrogen-bond donors (Lipinski definition) is 2. The molecule has 1 aromatic heterocycles. The van der Waals surface area contributed by atoms with Gasteiger partial charge in [-0.1, -0.05) is 23.7 Å². The second-order valence-electron chi connectivity index (χ2n) is 4.77. The maximum Gasteiger partial charge on any atom is 0.256 e. The molecule has 1 aliphatic heterocycles. The van der Waals surface area contributed by atoms with Crippen LogP contribution >= 0.6 is 11.6 Å². The first-order valence-electron chi connectivity index (χ1n) is 6.20. The highest BCUT2D eigenvalue weighted by Gasteiger charge is 2.30. The number of halogens is 1. The molecule has 2 aromatic rings. The van der Waals surface area contributed by atoms with E-state index < -0.39 is 0 Å². The standard InChI is InChI=1S/C14H12ClN3O2/c1-7-16-13-12(14(20)17-7)10(6-11(19)18-13)8-3-2-4-9(15)5-8/h2-5,10H,6H2,1H3,(H2,16,17,18,19,20)/t10-/m0/s1. The molecule has 6 heteroatoms. The van der Waals surface area contributed by atoms with E-state index in [1.54, 1.807) is 25.1 Å². The number of anilines is 1. The van der Waals surface area contributed by atoms with E-state index in [4.69, 9.17) is 11.6 Å². The topological polar surface area (TPSA) is 74.8 Å². The number of rotatable bonds is 1. The summed E-state index contributed by atoms with van der Waals surface area (Å²) in [5, 5.41) is 3.23. The summed E-state index contributed by atoms with van der Waals surface area (Å²) in [5.41, 5.74) is 1.10. The van der Waals surface area contributed by atoms with E-state index in [0.717, 1.165) is 5.56 Å². The molecule has 1 amide bonds. The van der Waals surface area contributed by atoms with Crippen molar-refractivity contribution in [1.29, 1.82) is 0 Å². The summed E-state index contributed by atoms with van der Waals surface area (Å²) in [5.74, 6) is 0.336. The highest BCUT2D eigenvalue weighted by molar-refractivity contribution is 6.30. The smallest absolute Gasteiger partial charge is 0.256 e. The number of carbonyl (C=O) groups is 1. The maximum absolute atomic E-state index is 12.2. The largest absolute Gasteiger partial charge is 0.310 e. The third kappa shape index (κ3) is 2.20. The van der Waals surface area contributed by atoms with Gasteiger partial charge in [-0.05, 0) is 24.6 Å². The van der Waals surface area contributed by atoms with Crippen LogP contribution in [-0.2, 0) is 4.79 Å². The Morgan fingerprint density at radius 3 is 2.90 bits per heavy atom. The van der Waals surface area contributed by atoms with Gasteiger partial charge in [-0.2, -0.15) is 0 Å². The molecule has 0 bridgehead atoms. The van der Waals surface area contributed by atoms with Crippen LogP contribution in [0.2, 0.25) is 5.02 Å². The summed E-state index contributed by atoms with van der Waals surface area (Å²) in [6.45, 7) is 1.68. The normalized spacial score (nSPS) is 17.5. The van der Waals surface area contributed by atoms with Gasteiger partial charge in [0.25, 0.3) is 5.56 Å². The van der Waals surface area contributed by atoms with Crippen LogP contribution in [0, 0.1) is 6.92 Å². The van der Waals surface area contributed by atoms with Crippen molar-refractivity contribution in [2.24, 2.45) is 0 Å². The number of fused-ring (bicyclic) bond motifs is 1. The SMILES string of the molecule is Cc1nc2c(c(=O)[nH]1)[C@H](c1cccc(Cl)c1)CC(=O)N2. The molecule has 0 saturated carbocycles. The Morgan fingerprint density at radius 2 is 2.15 bits per heavy atom. The summed E-state index contributed by atoms with van der Waals surface area (Å²) in [4.78, 5) is 30.9. The lowest BCUT2D eigenvalue weighted by molar-refractivity contribution is -0.116. The van der Waals surface area contributed by atoms with Gasteiger partial charge in [-0.15, -0.1) is 0 Å². The number of hydrogen-bond acceptors (Lipinski definition) is 3. The van der Waals surface area contributed by atoms with Crippen LogP contribution in [0.3, 0.4) is 0 Å². The van der Waals surface area contributed by atoms with E-state index >= 15 is 0 Å². The number of amides is 1. The third-order valence-corrected chi connectivity index (χ3v) is 3.56. The summed E-state index contributed by atoms with van der Waals surface area (Å²) in [6.07, 6.45) is 0.209. The van der Waals surface area contributed by atoms with Gasteiger partial charge in [0, 0.05) is 17.4 Å². The van der Waals surface area contributed by atoms with Crippen LogP contribution in [0.1, 0.15) is 29.3 Å². The fourth-order valence-electron chi connectivity index (χ4n) is 2.49. The molecular weight excluding hydrogens is 278 g/mol. The zero-order valence-electron chi connectivity index (χ0n) is 10.7. The summed E-state index contributed by atoms with van der Waals surface area (Å²) in [7, 11) is 0. The average molecular weight is 290 g/mol. The Bertz CT molecular complexity index is 754. The van der Waals surface area contributed by atoms with Crippen molar-refractivity contribution >= 4 is 23.3 Å². The number of H-pyrrole nitrogens is 1. The molecule has 102 valence electrons. The first-order chi connectivity index (χ1) is 9.54. The van der Waals surface area contributed by atoms with Crippen molar-refractivity contribution in [2.45, 2.75) is 19.3 Å². The van der Waals surface area contributed by atoms with Gasteiger partial charge in [0.15, 0.2) is 0 Å². The lowest BCUT2D eigenvalue weighted by atomic mass is 9.87. The number of carbonyl (C=O) groups excluding carboxylic acids is 1. The lowest BCUT2D eigenvalue weighted by Crippen LogP contribution is -2.31. The highest BCUT2D eigenvalue weighted by Crippen LogP contribution is 2.34. The highest BCUT2D eigenvalue weighted by atomic mass is 35.5. The molecule has 1 atom stereocenters. The molecule has 0 radical (unpaired) electrons. The molecule has 2 N–H and O–H groups in total. The van der Waals surface area contributed by atoms with E-state index in [1.165, 1.54) is 0 Å². The minimum Gasteiger partial charge on any atom is -0.310 e. The second kappa shape index (κ2) is 4.76. The van der Waals surface area contributed by atoms with Crippen LogP contribution in [-0.4, -0.2) is 15.9 Å². The zero-order chi connectivity index (χ0) is 14.3. The Balaban J connectivity index is 2.20. The molecule has 0 unspecified atom stereocenters. The summed E-state index contributed by atoms with van der Waals surface area (Å²) in [6, 6.07) is 7.19. The zero-order valence-corrected chi connectivity index (χ0v) is 11.5. The molecule has 0 saturated heterocycles. The number of nitrogens with one attached hydrogen (secondary N) is 2. The summed E-state index contributed by atoms with van der Waals surface area (Å²) >= 11 is 5.99. The van der Waals surface area contributed by atoms with Gasteiger partial charge in [-0.25, -0.2) is 4.98 Å². The van der Waals surface area contributed by atoms with E-state index in [-0.39, 0.29) is 23.8 Å². The number of aromatic amines is 1. The molecule has 2 heterocycles. The van der Waals surface area contributed by atoms with Crippen LogP contribution in [0.15, 0.2) is 29.1 Å². The maximum atomic E-state index is 12.2. The molecule has 3 rings (SSSR count). The molecule has 1 aromatic carbocycles. The van der Waals surface area contributed by atoms with Gasteiger partial charge in [0.1, 0.15) is 11.6 Å². The van der Waals surface area contributed by atoms with Crippen molar-refractivity contribution in [1.82, 2.24) is 9.97 Å². The fourth-order valence-corrected chi connectivity index (χ4v) is 2.69. The van der Waals surface area contributed by atoms with Crippen molar-refractivity contribution < 1.29 is 4.79 Å². The van der Waals surface area contributed by atoms with Crippen LogP contribution < -0.4 is 10.9 Å². The molecule has 5 nitrogen and oxygen atoms in total.